The first-order chi connectivity index (χ1) is 19.7. The molecule has 0 amide bonds. The molecule has 2 aliphatic rings. The van der Waals surface area contributed by atoms with Crippen LogP contribution in [0, 0.1) is 0 Å². The number of aromatic amines is 1. The second kappa shape index (κ2) is 11.8. The van der Waals surface area contributed by atoms with Gasteiger partial charge in [-0.25, -0.2) is 5.10 Å². The fourth-order valence-corrected chi connectivity index (χ4v) is 6.02. The summed E-state index contributed by atoms with van der Waals surface area (Å²) in [5.74, 6) is 0. The van der Waals surface area contributed by atoms with Crippen LogP contribution in [0.4, 0.5) is 0 Å². The van der Waals surface area contributed by atoms with Crippen molar-refractivity contribution in [3.8, 4) is 0 Å². The molecule has 5 aromatic rings. The number of nitrogens with zero attached hydrogens (tertiary/aromatic N) is 1. The smallest absolute Gasteiger partial charge is 0.272 e. The fraction of sp³-hybridized carbons (Fsp3) is 0.222. The molecule has 0 spiro atoms. The summed E-state index contributed by atoms with van der Waals surface area (Å²) in [4.78, 5) is 11.1. The van der Waals surface area contributed by atoms with E-state index in [0.717, 1.165) is 24.9 Å². The lowest BCUT2D eigenvalue weighted by Crippen LogP contribution is -2.11. The average molecular weight is 526 g/mol. The molecule has 1 aromatic heterocycles. The normalized spacial score (nSPS) is 14.0. The molecule has 2 N–H and O–H groups in total. The van der Waals surface area contributed by atoms with E-state index in [4.69, 9.17) is 0 Å². The van der Waals surface area contributed by atoms with Crippen LogP contribution in [0.25, 0.3) is 27.1 Å². The van der Waals surface area contributed by atoms with E-state index in [1.54, 1.807) is 23.4 Å². The van der Waals surface area contributed by atoms with Gasteiger partial charge in [-0.15, -0.1) is 0 Å². The Morgan fingerprint density at radius 1 is 0.850 bits per heavy atom. The maximum absolute atomic E-state index is 11.1. The number of rotatable bonds is 5. The van der Waals surface area contributed by atoms with Crippen LogP contribution < -0.4 is 10.9 Å². The quantitative estimate of drug-likeness (QED) is 0.250. The van der Waals surface area contributed by atoms with Crippen LogP contribution in [-0.4, -0.2) is 16.7 Å². The highest BCUT2D eigenvalue weighted by atomic mass is 16.1. The van der Waals surface area contributed by atoms with E-state index in [-0.39, 0.29) is 5.56 Å². The molecule has 4 aromatic carbocycles. The number of aromatic nitrogens is 2. The summed E-state index contributed by atoms with van der Waals surface area (Å²) in [7, 11) is 0. The summed E-state index contributed by atoms with van der Waals surface area (Å²) >= 11 is 0. The molecule has 4 nitrogen and oxygen atoms in total. The number of hydrogen-bond donors (Lipinski definition) is 2. The highest BCUT2D eigenvalue weighted by Crippen LogP contribution is 2.41. The lowest BCUT2D eigenvalue weighted by Gasteiger charge is -2.26. The second-order valence-electron chi connectivity index (χ2n) is 10.6. The first-order valence-corrected chi connectivity index (χ1v) is 14.3. The van der Waals surface area contributed by atoms with Crippen molar-refractivity contribution in [3.63, 3.8) is 0 Å². The van der Waals surface area contributed by atoms with Crippen LogP contribution in [0.15, 0.2) is 108 Å². The zero-order valence-electron chi connectivity index (χ0n) is 23.0. The monoisotopic (exact) mass is 525 g/mol. The van der Waals surface area contributed by atoms with Crippen LogP contribution >= 0.6 is 0 Å². The van der Waals surface area contributed by atoms with Gasteiger partial charge in [0.15, 0.2) is 0 Å². The maximum Gasteiger partial charge on any atom is 0.272 e. The summed E-state index contributed by atoms with van der Waals surface area (Å²) in [5, 5.41) is 13.9. The number of aryl methyl sites for hydroxylation is 1. The molecule has 0 saturated heterocycles. The Kier molecular flexibility index (Phi) is 7.69. The van der Waals surface area contributed by atoms with E-state index in [0.29, 0.717) is 5.39 Å². The van der Waals surface area contributed by atoms with Gasteiger partial charge in [-0.05, 0) is 88.9 Å². The third-order valence-corrected chi connectivity index (χ3v) is 8.06. The van der Waals surface area contributed by atoms with Crippen molar-refractivity contribution in [2.24, 2.45) is 0 Å². The molecule has 200 valence electrons. The molecule has 7 rings (SSSR count). The van der Waals surface area contributed by atoms with Gasteiger partial charge in [-0.3, -0.25) is 4.79 Å². The number of allylic oxidation sites excluding steroid dienone is 4. The SMILES string of the molecule is CCNCc1ccc(Cc2cccc3ccc4c(c23)CCC2=C4C=CCC2)cc1.O=c1[nH]ncc2ccccc12. The molecule has 0 aliphatic heterocycles. The molecular weight excluding hydrogens is 490 g/mol. The second-order valence-corrected chi connectivity index (χ2v) is 10.6. The lowest BCUT2D eigenvalue weighted by molar-refractivity contribution is 0.726. The van der Waals surface area contributed by atoms with Crippen molar-refractivity contribution in [1.82, 2.24) is 15.5 Å². The standard InChI is InChI=1S/C28H29N.C8H6N2O/c1-2-29-19-21-12-10-20(11-13-21)18-24-8-5-7-23-15-16-26-25-9-4-3-6-22(25)14-17-27(26)28(23)24;11-8-7-4-2-1-3-6(7)5-9-10-8/h4-5,7-13,15-16,29H,2-3,6,14,17-19H2,1H3;1-5H,(H,10,11). The van der Waals surface area contributed by atoms with Gasteiger partial charge in [0.25, 0.3) is 5.56 Å². The zero-order chi connectivity index (χ0) is 27.3. The number of nitrogens with one attached hydrogen (secondary N) is 2. The molecule has 1 heterocycles. The van der Waals surface area contributed by atoms with Gasteiger partial charge >= 0.3 is 0 Å². The van der Waals surface area contributed by atoms with E-state index in [1.165, 1.54) is 64.3 Å². The molecule has 0 fully saturated rings. The minimum atomic E-state index is -0.136. The molecule has 4 heteroatoms. The third kappa shape index (κ3) is 5.41. The van der Waals surface area contributed by atoms with E-state index in [1.807, 2.05) is 18.2 Å². The Morgan fingerprint density at radius 3 is 2.52 bits per heavy atom. The number of hydrogen-bond acceptors (Lipinski definition) is 3. The van der Waals surface area contributed by atoms with Crippen molar-refractivity contribution in [2.75, 3.05) is 6.54 Å². The van der Waals surface area contributed by atoms with Gasteiger partial charge < -0.3 is 5.32 Å². The van der Waals surface area contributed by atoms with Gasteiger partial charge in [0.1, 0.15) is 0 Å². The Balaban J connectivity index is 0.000000219. The molecular formula is C36H35N3O. The lowest BCUT2D eigenvalue weighted by atomic mass is 9.78. The molecule has 2 aliphatic carbocycles. The van der Waals surface area contributed by atoms with Crippen molar-refractivity contribution in [2.45, 2.75) is 45.6 Å². The van der Waals surface area contributed by atoms with Crippen LogP contribution in [0.5, 0.6) is 0 Å². The predicted molar refractivity (Wildman–Crippen MR) is 167 cm³/mol. The summed E-state index contributed by atoms with van der Waals surface area (Å²) in [5.41, 5.74) is 10.3. The van der Waals surface area contributed by atoms with Crippen LogP contribution in [-0.2, 0) is 19.4 Å². The Hall–Kier alpha value is -4.28. The Bertz CT molecular complexity index is 1770. The zero-order valence-corrected chi connectivity index (χ0v) is 23.0. The van der Waals surface area contributed by atoms with Gasteiger partial charge in [-0.2, -0.15) is 5.10 Å². The fourth-order valence-electron chi connectivity index (χ4n) is 6.02. The van der Waals surface area contributed by atoms with Gasteiger partial charge in [0.2, 0.25) is 0 Å². The van der Waals surface area contributed by atoms with Crippen LogP contribution in [0.1, 0.15) is 54.0 Å². The minimum absolute atomic E-state index is 0.136. The number of fused-ring (bicyclic) bond motifs is 5. The minimum Gasteiger partial charge on any atom is -0.313 e. The summed E-state index contributed by atoms with van der Waals surface area (Å²) < 4.78 is 0. The van der Waals surface area contributed by atoms with Crippen LogP contribution in [0.3, 0.4) is 0 Å². The highest BCUT2D eigenvalue weighted by molar-refractivity contribution is 5.96. The van der Waals surface area contributed by atoms with Crippen molar-refractivity contribution in [3.05, 3.63) is 141 Å². The highest BCUT2D eigenvalue weighted by Gasteiger charge is 2.21. The average Bonchev–Trinajstić information content (AvgIpc) is 3.01. The van der Waals surface area contributed by atoms with Crippen LogP contribution in [0.2, 0.25) is 0 Å². The van der Waals surface area contributed by atoms with Gasteiger partial charge in [0.05, 0.1) is 6.20 Å². The Labute approximate surface area is 235 Å². The number of H-pyrrole nitrogens is 1. The molecule has 0 radical (unpaired) electrons. The topological polar surface area (TPSA) is 57.8 Å². The third-order valence-electron chi connectivity index (χ3n) is 8.06. The first kappa shape index (κ1) is 26.0. The largest absolute Gasteiger partial charge is 0.313 e. The van der Waals surface area contributed by atoms with E-state index >= 15 is 0 Å². The molecule has 0 bridgehead atoms. The summed E-state index contributed by atoms with van der Waals surface area (Å²) in [6.07, 6.45) is 12.2. The summed E-state index contributed by atoms with van der Waals surface area (Å²) in [6, 6.07) is 28.0. The van der Waals surface area contributed by atoms with Crippen molar-refractivity contribution < 1.29 is 0 Å². The van der Waals surface area contributed by atoms with Gasteiger partial charge in [0, 0.05) is 17.3 Å². The number of benzene rings is 4. The van der Waals surface area contributed by atoms with E-state index < -0.39 is 0 Å². The molecule has 0 atom stereocenters. The molecule has 40 heavy (non-hydrogen) atoms. The van der Waals surface area contributed by atoms with E-state index in [9.17, 15) is 4.79 Å². The molecule has 0 saturated carbocycles. The van der Waals surface area contributed by atoms with Crippen molar-refractivity contribution in [1.29, 1.82) is 0 Å². The van der Waals surface area contributed by atoms with Gasteiger partial charge in [-0.1, -0.05) is 97.4 Å². The van der Waals surface area contributed by atoms with E-state index in [2.05, 4.69) is 89.2 Å². The first-order valence-electron chi connectivity index (χ1n) is 14.3. The maximum atomic E-state index is 11.1. The Morgan fingerprint density at radius 2 is 1.68 bits per heavy atom. The van der Waals surface area contributed by atoms with Crippen molar-refractivity contribution >= 4 is 27.1 Å². The summed E-state index contributed by atoms with van der Waals surface area (Å²) in [6.45, 7) is 4.11. The molecule has 0 unspecified atom stereocenters. The predicted octanol–water partition coefficient (Wildman–Crippen LogP) is 7.51.